The lowest BCUT2D eigenvalue weighted by molar-refractivity contribution is -0.384. The van der Waals surface area contributed by atoms with Gasteiger partial charge in [-0.05, 0) is 43.6 Å². The topological polar surface area (TPSA) is 68.1 Å². The lowest BCUT2D eigenvalue weighted by Gasteiger charge is -2.23. The fourth-order valence-electron chi connectivity index (χ4n) is 3.40. The van der Waals surface area contributed by atoms with Gasteiger partial charge in [0.15, 0.2) is 0 Å². The fraction of sp³-hybridized carbons (Fsp3) is 0.615. The molecule has 2 bridgehead atoms. The molecule has 0 aromatic carbocycles. The second kappa shape index (κ2) is 4.23. The molecule has 3 unspecified atom stereocenters. The Balaban J connectivity index is 1.82. The summed E-state index contributed by atoms with van der Waals surface area (Å²) in [4.78, 5) is 14.9. The van der Waals surface area contributed by atoms with Gasteiger partial charge >= 0.3 is 5.69 Å². The minimum Gasteiger partial charge on any atom is -0.361 e. The molecule has 2 fully saturated rings. The van der Waals surface area contributed by atoms with Crippen LogP contribution in [0.2, 0.25) is 0 Å². The minimum atomic E-state index is -0.352. The summed E-state index contributed by atoms with van der Waals surface area (Å²) in [5.41, 5.74) is 0.915. The molecule has 2 aliphatic carbocycles. The predicted octanol–water partition coefficient (Wildman–Crippen LogP) is 2.90. The van der Waals surface area contributed by atoms with Gasteiger partial charge in [-0.25, -0.2) is 4.98 Å². The maximum absolute atomic E-state index is 11.0. The number of nitro groups is 1. The summed E-state index contributed by atoms with van der Waals surface area (Å²) in [5, 5.41) is 14.3. The monoisotopic (exact) mass is 247 g/mol. The Morgan fingerprint density at radius 1 is 1.44 bits per heavy atom. The Morgan fingerprint density at radius 3 is 2.89 bits per heavy atom. The van der Waals surface area contributed by atoms with Gasteiger partial charge in [0.25, 0.3) is 0 Å². The van der Waals surface area contributed by atoms with Crippen LogP contribution >= 0.6 is 0 Å². The highest BCUT2D eigenvalue weighted by Crippen LogP contribution is 2.45. The molecule has 0 saturated heterocycles. The van der Waals surface area contributed by atoms with Crippen LogP contribution in [0.5, 0.6) is 0 Å². The molecule has 0 amide bonds. The van der Waals surface area contributed by atoms with Crippen LogP contribution in [-0.2, 0) is 0 Å². The van der Waals surface area contributed by atoms with E-state index in [2.05, 4.69) is 10.3 Å². The summed E-state index contributed by atoms with van der Waals surface area (Å²) in [6.45, 7) is 1.82. The van der Waals surface area contributed by atoms with E-state index in [1.807, 2.05) is 6.92 Å². The molecule has 96 valence electrons. The van der Waals surface area contributed by atoms with E-state index in [4.69, 9.17) is 0 Å². The molecule has 0 spiro atoms. The van der Waals surface area contributed by atoms with Crippen molar-refractivity contribution in [2.45, 2.75) is 38.6 Å². The van der Waals surface area contributed by atoms with Crippen LogP contribution in [0.3, 0.4) is 0 Å². The molecule has 3 atom stereocenters. The highest BCUT2D eigenvalue weighted by Gasteiger charge is 2.40. The largest absolute Gasteiger partial charge is 0.361 e. The predicted molar refractivity (Wildman–Crippen MR) is 68.5 cm³/mol. The quantitative estimate of drug-likeness (QED) is 0.658. The molecule has 5 nitrogen and oxygen atoms in total. The van der Waals surface area contributed by atoms with Crippen molar-refractivity contribution in [3.63, 3.8) is 0 Å². The maximum atomic E-state index is 11.0. The summed E-state index contributed by atoms with van der Waals surface area (Å²) < 4.78 is 0. The van der Waals surface area contributed by atoms with E-state index < -0.39 is 0 Å². The summed E-state index contributed by atoms with van der Waals surface area (Å²) in [6, 6.07) is 1.96. The van der Waals surface area contributed by atoms with Gasteiger partial charge in [-0.3, -0.25) is 10.1 Å². The number of anilines is 1. The van der Waals surface area contributed by atoms with Crippen LogP contribution in [0.25, 0.3) is 0 Å². The maximum Gasteiger partial charge on any atom is 0.311 e. The average molecular weight is 247 g/mol. The first-order chi connectivity index (χ1) is 8.63. The lowest BCUT2D eigenvalue weighted by atomic mass is 9.95. The number of nitrogens with one attached hydrogen (secondary N) is 1. The van der Waals surface area contributed by atoms with Gasteiger partial charge in [-0.1, -0.05) is 6.42 Å². The standard InChI is InChI=1S/C13H17N3O2/c1-8-4-12(16(17)18)13(14-7-8)15-11-6-9-2-3-10(11)5-9/h4,7,9-11H,2-3,5-6H2,1H3,(H,14,15). The van der Waals surface area contributed by atoms with Crippen LogP contribution in [0.4, 0.5) is 11.5 Å². The number of hydrogen-bond acceptors (Lipinski definition) is 4. The zero-order valence-electron chi connectivity index (χ0n) is 10.4. The zero-order valence-corrected chi connectivity index (χ0v) is 10.4. The average Bonchev–Trinajstić information content (AvgIpc) is 2.93. The van der Waals surface area contributed by atoms with Crippen molar-refractivity contribution in [3.05, 3.63) is 27.9 Å². The lowest BCUT2D eigenvalue weighted by Crippen LogP contribution is -2.26. The van der Waals surface area contributed by atoms with Gasteiger partial charge in [-0.15, -0.1) is 0 Å². The fourth-order valence-corrected chi connectivity index (χ4v) is 3.40. The number of hydrogen-bond donors (Lipinski definition) is 1. The minimum absolute atomic E-state index is 0.0952. The van der Waals surface area contributed by atoms with E-state index in [-0.39, 0.29) is 10.6 Å². The first kappa shape index (κ1) is 11.4. The van der Waals surface area contributed by atoms with Gasteiger partial charge in [0.2, 0.25) is 5.82 Å². The number of fused-ring (bicyclic) bond motifs is 2. The van der Waals surface area contributed by atoms with Crippen LogP contribution in [0, 0.1) is 28.9 Å². The molecule has 1 heterocycles. The Kier molecular flexibility index (Phi) is 2.69. The first-order valence-corrected chi connectivity index (χ1v) is 6.51. The van der Waals surface area contributed by atoms with Crippen molar-refractivity contribution in [3.8, 4) is 0 Å². The normalized spacial score (nSPS) is 29.5. The third-order valence-corrected chi connectivity index (χ3v) is 4.26. The van der Waals surface area contributed by atoms with Crippen molar-refractivity contribution in [1.82, 2.24) is 4.98 Å². The van der Waals surface area contributed by atoms with Gasteiger partial charge in [-0.2, -0.15) is 0 Å². The highest BCUT2D eigenvalue weighted by molar-refractivity contribution is 5.57. The van der Waals surface area contributed by atoms with Crippen LogP contribution in [0.15, 0.2) is 12.3 Å². The molecule has 1 N–H and O–H groups in total. The van der Waals surface area contributed by atoms with Gasteiger partial charge in [0, 0.05) is 18.3 Å². The van der Waals surface area contributed by atoms with E-state index in [0.717, 1.165) is 17.9 Å². The molecular formula is C13H17N3O2. The molecule has 2 aliphatic rings. The number of rotatable bonds is 3. The number of pyridine rings is 1. The third-order valence-electron chi connectivity index (χ3n) is 4.26. The summed E-state index contributed by atoms with van der Waals surface area (Å²) in [7, 11) is 0. The SMILES string of the molecule is Cc1cnc(NC2CC3CCC2C3)c([N+](=O)[O-])c1. The van der Waals surface area contributed by atoms with Crippen LogP contribution < -0.4 is 5.32 Å². The molecule has 1 aromatic rings. The molecule has 1 aromatic heterocycles. The number of aryl methyl sites for hydroxylation is 1. The Labute approximate surface area is 106 Å². The molecule has 3 rings (SSSR count). The van der Waals surface area contributed by atoms with Crippen molar-refractivity contribution < 1.29 is 4.92 Å². The van der Waals surface area contributed by atoms with Crippen LogP contribution in [0.1, 0.15) is 31.2 Å². The van der Waals surface area contributed by atoms with Crippen molar-refractivity contribution in [2.75, 3.05) is 5.32 Å². The van der Waals surface area contributed by atoms with Crippen LogP contribution in [-0.4, -0.2) is 15.9 Å². The molecule has 0 radical (unpaired) electrons. The summed E-state index contributed by atoms with van der Waals surface area (Å²) in [5.74, 6) is 1.93. The Hall–Kier alpha value is -1.65. The summed E-state index contributed by atoms with van der Waals surface area (Å²) >= 11 is 0. The van der Waals surface area contributed by atoms with Gasteiger partial charge < -0.3 is 5.32 Å². The van der Waals surface area contributed by atoms with Gasteiger partial charge in [0.05, 0.1) is 4.92 Å². The second-order valence-corrected chi connectivity index (χ2v) is 5.56. The molecule has 2 saturated carbocycles. The van der Waals surface area contributed by atoms with E-state index >= 15 is 0 Å². The van der Waals surface area contributed by atoms with Crippen molar-refractivity contribution >= 4 is 11.5 Å². The van der Waals surface area contributed by atoms with E-state index in [9.17, 15) is 10.1 Å². The van der Waals surface area contributed by atoms with Gasteiger partial charge in [0.1, 0.15) is 0 Å². The number of nitrogens with zero attached hydrogens (tertiary/aromatic N) is 2. The van der Waals surface area contributed by atoms with E-state index in [0.29, 0.717) is 17.8 Å². The third kappa shape index (κ3) is 1.94. The van der Waals surface area contributed by atoms with Crippen molar-refractivity contribution in [1.29, 1.82) is 0 Å². The molecule has 5 heteroatoms. The van der Waals surface area contributed by atoms with E-state index in [1.165, 1.54) is 19.3 Å². The Morgan fingerprint density at radius 2 is 2.28 bits per heavy atom. The molecule has 18 heavy (non-hydrogen) atoms. The highest BCUT2D eigenvalue weighted by atomic mass is 16.6. The van der Waals surface area contributed by atoms with Crippen molar-refractivity contribution in [2.24, 2.45) is 11.8 Å². The Bertz CT molecular complexity index is 489. The smallest absolute Gasteiger partial charge is 0.311 e. The first-order valence-electron chi connectivity index (χ1n) is 6.51. The summed E-state index contributed by atoms with van der Waals surface area (Å²) in [6.07, 6.45) is 6.67. The molecule has 0 aliphatic heterocycles. The molecular weight excluding hydrogens is 230 g/mol. The number of aromatic nitrogens is 1. The second-order valence-electron chi connectivity index (χ2n) is 5.56. The zero-order chi connectivity index (χ0) is 12.7. The van der Waals surface area contributed by atoms with E-state index in [1.54, 1.807) is 12.3 Å².